The molecule has 1 heterocycles. The number of nitrogens with zero attached hydrogens (tertiary/aromatic N) is 1. The molecule has 5 nitrogen and oxygen atoms in total. The third-order valence-corrected chi connectivity index (χ3v) is 5.46. The van der Waals surface area contributed by atoms with Gasteiger partial charge in [-0.05, 0) is 35.2 Å². The van der Waals surface area contributed by atoms with Gasteiger partial charge >= 0.3 is 6.18 Å². The maximum atomic E-state index is 12.2. The molecule has 10 heteroatoms. The monoisotopic (exact) mass is 565 g/mol. The van der Waals surface area contributed by atoms with Crippen LogP contribution < -0.4 is 15.4 Å². The number of guanidine groups is 1. The van der Waals surface area contributed by atoms with Gasteiger partial charge in [0.05, 0.1) is 0 Å². The number of hydrogen-bond donors (Lipinski definition) is 3. The lowest BCUT2D eigenvalue weighted by Gasteiger charge is -2.15. The first-order chi connectivity index (χ1) is 14.3. The Kier molecular flexibility index (Phi) is 9.38. The molecule has 0 saturated carbocycles. The van der Waals surface area contributed by atoms with Crippen molar-refractivity contribution < 1.29 is 23.0 Å². The van der Waals surface area contributed by atoms with Crippen molar-refractivity contribution in [1.82, 2.24) is 10.6 Å². The molecule has 0 fully saturated rings. The summed E-state index contributed by atoms with van der Waals surface area (Å²) in [5.74, 6) is 0.664. The predicted octanol–water partition coefficient (Wildman–Crippen LogP) is 4.86. The van der Waals surface area contributed by atoms with E-state index in [9.17, 15) is 18.3 Å². The van der Waals surface area contributed by atoms with Crippen molar-refractivity contribution >= 4 is 51.4 Å². The van der Waals surface area contributed by atoms with Crippen molar-refractivity contribution in [2.45, 2.75) is 18.8 Å². The van der Waals surface area contributed by atoms with Crippen LogP contribution in [0.2, 0.25) is 0 Å². The topological polar surface area (TPSA) is 65.9 Å². The molecule has 0 aliphatic heterocycles. The third-order valence-electron chi connectivity index (χ3n) is 4.25. The Labute approximate surface area is 199 Å². The van der Waals surface area contributed by atoms with Gasteiger partial charge in [0.2, 0.25) is 0 Å². The minimum absolute atomic E-state index is 0. The molecule has 0 aliphatic carbocycles. The summed E-state index contributed by atoms with van der Waals surface area (Å²) in [5.41, 5.74) is 0.849. The lowest BCUT2D eigenvalue weighted by atomic mass is 10.2. The highest BCUT2D eigenvalue weighted by Crippen LogP contribution is 2.29. The molecule has 0 amide bonds. The van der Waals surface area contributed by atoms with Crippen LogP contribution in [0.1, 0.15) is 16.5 Å². The van der Waals surface area contributed by atoms with Crippen LogP contribution in [0, 0.1) is 0 Å². The number of fused-ring (bicyclic) bond motifs is 1. The molecule has 3 aromatic rings. The normalized spacial score (nSPS) is 12.9. The van der Waals surface area contributed by atoms with E-state index < -0.39 is 18.9 Å². The molecule has 2 aromatic carbocycles. The van der Waals surface area contributed by atoms with Crippen LogP contribution in [0.5, 0.6) is 5.75 Å². The molecule has 0 spiro atoms. The molecule has 31 heavy (non-hydrogen) atoms. The van der Waals surface area contributed by atoms with E-state index in [1.165, 1.54) is 12.1 Å². The molecule has 1 unspecified atom stereocenters. The summed E-state index contributed by atoms with van der Waals surface area (Å²) in [6.45, 7) is -0.613. The van der Waals surface area contributed by atoms with Gasteiger partial charge in [-0.2, -0.15) is 13.2 Å². The first kappa shape index (κ1) is 25.2. The van der Waals surface area contributed by atoms with Crippen molar-refractivity contribution in [3.05, 3.63) is 65.0 Å². The fourth-order valence-corrected chi connectivity index (χ4v) is 3.79. The second-order valence-corrected chi connectivity index (χ2v) is 7.67. The van der Waals surface area contributed by atoms with E-state index in [1.807, 2.05) is 30.3 Å². The highest BCUT2D eigenvalue weighted by molar-refractivity contribution is 14.0. The number of aliphatic hydroxyl groups is 1. The van der Waals surface area contributed by atoms with Gasteiger partial charge in [0.25, 0.3) is 0 Å². The highest BCUT2D eigenvalue weighted by Gasteiger charge is 2.28. The SMILES string of the molecule is CN=C(NCc1ccc(OCC(F)(F)F)cc1)NCC(O)c1cc2ccccc2s1.I. The van der Waals surface area contributed by atoms with E-state index in [-0.39, 0.29) is 36.3 Å². The third kappa shape index (κ3) is 7.86. The fraction of sp³-hybridized carbons (Fsp3) is 0.286. The van der Waals surface area contributed by atoms with Crippen LogP contribution in [0.3, 0.4) is 0 Å². The van der Waals surface area contributed by atoms with Gasteiger partial charge in [-0.3, -0.25) is 4.99 Å². The maximum absolute atomic E-state index is 12.2. The minimum atomic E-state index is -4.36. The summed E-state index contributed by atoms with van der Waals surface area (Å²) in [6, 6.07) is 16.3. The van der Waals surface area contributed by atoms with E-state index in [4.69, 9.17) is 4.74 Å². The Bertz CT molecular complexity index is 960. The molecular formula is C21H23F3IN3O2S. The number of thiophene rings is 1. The Morgan fingerprint density at radius 1 is 1.13 bits per heavy atom. The number of halogens is 4. The standard InChI is InChI=1S/C21H22F3N3O2S.HI/c1-25-20(26-11-14-6-8-16(9-7-14)29-13-21(22,23)24)27-12-17(28)19-10-15-4-2-3-5-18(15)30-19;/h2-10,17,28H,11-13H2,1H3,(H2,25,26,27);1H. The quantitative estimate of drug-likeness (QED) is 0.218. The summed E-state index contributed by atoms with van der Waals surface area (Å²) in [7, 11) is 1.62. The molecule has 3 rings (SSSR count). The predicted molar refractivity (Wildman–Crippen MR) is 128 cm³/mol. The zero-order valence-corrected chi connectivity index (χ0v) is 19.8. The van der Waals surface area contributed by atoms with Crippen LogP contribution in [0.25, 0.3) is 10.1 Å². The summed E-state index contributed by atoms with van der Waals surface area (Å²) in [4.78, 5) is 4.99. The number of nitrogens with one attached hydrogen (secondary N) is 2. The van der Waals surface area contributed by atoms with Crippen LogP contribution in [0.15, 0.2) is 59.6 Å². The minimum Gasteiger partial charge on any atom is -0.484 e. The number of benzene rings is 2. The lowest BCUT2D eigenvalue weighted by Crippen LogP contribution is -2.38. The van der Waals surface area contributed by atoms with Crippen molar-refractivity contribution in [3.8, 4) is 5.75 Å². The van der Waals surface area contributed by atoms with Gasteiger partial charge in [-0.1, -0.05) is 30.3 Å². The molecular weight excluding hydrogens is 542 g/mol. The van der Waals surface area contributed by atoms with Crippen molar-refractivity contribution in [1.29, 1.82) is 0 Å². The molecule has 3 N–H and O–H groups in total. The number of hydrogen-bond acceptors (Lipinski definition) is 4. The van der Waals surface area contributed by atoms with Gasteiger partial charge in [0.1, 0.15) is 11.9 Å². The average molecular weight is 565 g/mol. The highest BCUT2D eigenvalue weighted by atomic mass is 127. The molecule has 0 saturated heterocycles. The van der Waals surface area contributed by atoms with Gasteiger partial charge in [0, 0.05) is 29.7 Å². The Morgan fingerprint density at radius 2 is 1.84 bits per heavy atom. The van der Waals surface area contributed by atoms with E-state index in [1.54, 1.807) is 30.5 Å². The van der Waals surface area contributed by atoms with E-state index in [0.717, 1.165) is 20.5 Å². The zero-order valence-electron chi connectivity index (χ0n) is 16.6. The zero-order chi connectivity index (χ0) is 21.6. The van der Waals surface area contributed by atoms with Gasteiger partial charge < -0.3 is 20.5 Å². The summed E-state index contributed by atoms with van der Waals surface area (Å²) >= 11 is 1.55. The van der Waals surface area contributed by atoms with E-state index in [2.05, 4.69) is 15.6 Å². The Hall–Kier alpha value is -2.05. The molecule has 168 valence electrons. The van der Waals surface area contributed by atoms with Crippen LogP contribution in [-0.4, -0.2) is 37.4 Å². The van der Waals surface area contributed by atoms with Crippen LogP contribution in [-0.2, 0) is 6.54 Å². The number of aliphatic imine (C=N–C) groups is 1. The second kappa shape index (κ2) is 11.5. The maximum Gasteiger partial charge on any atom is 0.422 e. The van der Waals surface area contributed by atoms with Gasteiger partial charge in [0.15, 0.2) is 12.6 Å². The first-order valence-corrected chi connectivity index (χ1v) is 10.1. The number of aliphatic hydroxyl groups excluding tert-OH is 1. The number of alkyl halides is 3. The molecule has 1 atom stereocenters. The Balaban J connectivity index is 0.00000341. The molecule has 1 aromatic heterocycles. The van der Waals surface area contributed by atoms with E-state index in [0.29, 0.717) is 12.5 Å². The van der Waals surface area contributed by atoms with Crippen molar-refractivity contribution in [2.75, 3.05) is 20.2 Å². The number of ether oxygens (including phenoxy) is 1. The second-order valence-electron chi connectivity index (χ2n) is 6.56. The van der Waals surface area contributed by atoms with Crippen molar-refractivity contribution in [2.24, 2.45) is 4.99 Å². The summed E-state index contributed by atoms with van der Waals surface area (Å²) in [6.07, 6.45) is -5.04. The largest absolute Gasteiger partial charge is 0.484 e. The van der Waals surface area contributed by atoms with Crippen LogP contribution in [0.4, 0.5) is 13.2 Å². The first-order valence-electron chi connectivity index (χ1n) is 9.23. The molecule has 0 bridgehead atoms. The molecule has 0 radical (unpaired) electrons. The van der Waals surface area contributed by atoms with Gasteiger partial charge in [-0.25, -0.2) is 0 Å². The Morgan fingerprint density at radius 3 is 2.48 bits per heavy atom. The smallest absolute Gasteiger partial charge is 0.422 e. The van der Waals surface area contributed by atoms with E-state index >= 15 is 0 Å². The number of rotatable bonds is 7. The molecule has 0 aliphatic rings. The van der Waals surface area contributed by atoms with Crippen molar-refractivity contribution in [3.63, 3.8) is 0 Å². The summed E-state index contributed by atoms with van der Waals surface area (Å²) in [5, 5.41) is 17.7. The fourth-order valence-electron chi connectivity index (χ4n) is 2.74. The average Bonchev–Trinajstić information content (AvgIpc) is 3.17. The lowest BCUT2D eigenvalue weighted by molar-refractivity contribution is -0.153. The van der Waals surface area contributed by atoms with Gasteiger partial charge in [-0.15, -0.1) is 35.3 Å². The van der Waals surface area contributed by atoms with Crippen LogP contribution >= 0.6 is 35.3 Å². The summed E-state index contributed by atoms with van der Waals surface area (Å²) < 4.78 is 42.4.